The van der Waals surface area contributed by atoms with E-state index in [0.29, 0.717) is 27.6 Å². The van der Waals surface area contributed by atoms with E-state index >= 15 is 0 Å². The van der Waals surface area contributed by atoms with Crippen LogP contribution in [0.25, 0.3) is 11.0 Å². The van der Waals surface area contributed by atoms with Crippen molar-refractivity contribution in [1.82, 2.24) is 9.97 Å². The lowest BCUT2D eigenvalue weighted by Crippen LogP contribution is -2.12. The number of nitrogens with two attached hydrogens (primary N) is 1. The van der Waals surface area contributed by atoms with Crippen LogP contribution in [-0.4, -0.2) is 23.0 Å². The molecular formula is C10H10ClN3O2. The maximum absolute atomic E-state index is 11.2. The van der Waals surface area contributed by atoms with Crippen molar-refractivity contribution in [2.45, 2.75) is 6.92 Å². The zero-order chi connectivity index (χ0) is 11.9. The number of hydrogen-bond donors (Lipinski definition) is 2. The molecule has 5 nitrogen and oxygen atoms in total. The summed E-state index contributed by atoms with van der Waals surface area (Å²) in [6.07, 6.45) is 0. The number of H-pyrrole nitrogens is 1. The van der Waals surface area contributed by atoms with Crippen molar-refractivity contribution in [1.29, 1.82) is 0 Å². The normalized spacial score (nSPS) is 10.7. The molecule has 6 heteroatoms. The van der Waals surface area contributed by atoms with Gasteiger partial charge in [-0.05, 0) is 13.0 Å². The molecule has 2 rings (SSSR count). The molecule has 0 fully saturated rings. The molecule has 0 aliphatic heterocycles. The molecule has 16 heavy (non-hydrogen) atoms. The molecule has 0 atom stereocenters. The Morgan fingerprint density at radius 2 is 2.31 bits per heavy atom. The van der Waals surface area contributed by atoms with Gasteiger partial charge < -0.3 is 15.5 Å². The minimum absolute atomic E-state index is 0.228. The van der Waals surface area contributed by atoms with Gasteiger partial charge in [-0.3, -0.25) is 4.79 Å². The molecule has 3 N–H and O–H groups in total. The number of benzene rings is 1. The van der Waals surface area contributed by atoms with Crippen molar-refractivity contribution in [3.8, 4) is 5.75 Å². The SMILES string of the molecule is COc1c(C(N)=O)cc(Cl)c2[nH]c(C)nc12. The lowest BCUT2D eigenvalue weighted by Gasteiger charge is -2.06. The Hall–Kier alpha value is -1.75. The molecule has 1 aromatic heterocycles. The van der Waals surface area contributed by atoms with Crippen LogP contribution in [0.1, 0.15) is 16.2 Å². The van der Waals surface area contributed by atoms with Crippen molar-refractivity contribution in [2.75, 3.05) is 7.11 Å². The first-order valence-electron chi connectivity index (χ1n) is 4.57. The van der Waals surface area contributed by atoms with Gasteiger partial charge in [-0.2, -0.15) is 0 Å². The highest BCUT2D eigenvalue weighted by Gasteiger charge is 2.18. The van der Waals surface area contributed by atoms with Gasteiger partial charge in [-0.1, -0.05) is 11.6 Å². The fourth-order valence-electron chi connectivity index (χ4n) is 1.61. The van der Waals surface area contributed by atoms with Crippen molar-refractivity contribution in [3.05, 3.63) is 22.5 Å². The van der Waals surface area contributed by atoms with Crippen LogP contribution in [0.2, 0.25) is 5.02 Å². The van der Waals surface area contributed by atoms with Crippen LogP contribution in [0, 0.1) is 6.92 Å². The Balaban J connectivity index is 2.89. The monoisotopic (exact) mass is 239 g/mol. The van der Waals surface area contributed by atoms with E-state index in [1.165, 1.54) is 13.2 Å². The fraction of sp³-hybridized carbons (Fsp3) is 0.200. The number of primary amides is 1. The molecule has 2 aromatic rings. The Morgan fingerprint density at radius 3 is 2.88 bits per heavy atom. The number of carbonyl (C=O) groups excluding carboxylic acids is 1. The predicted octanol–water partition coefficient (Wildman–Crippen LogP) is 1.63. The summed E-state index contributed by atoms with van der Waals surface area (Å²) < 4.78 is 5.15. The number of nitrogens with zero attached hydrogens (tertiary/aromatic N) is 1. The third-order valence-corrected chi connectivity index (χ3v) is 2.56. The van der Waals surface area contributed by atoms with E-state index in [-0.39, 0.29) is 5.56 Å². The number of rotatable bonds is 2. The summed E-state index contributed by atoms with van der Waals surface area (Å²) >= 11 is 6.01. The Bertz CT molecular complexity index is 577. The van der Waals surface area contributed by atoms with Crippen LogP contribution in [0.4, 0.5) is 0 Å². The third-order valence-electron chi connectivity index (χ3n) is 2.26. The first-order chi connectivity index (χ1) is 7.54. The van der Waals surface area contributed by atoms with Gasteiger partial charge in [0.1, 0.15) is 11.3 Å². The maximum atomic E-state index is 11.2. The zero-order valence-corrected chi connectivity index (χ0v) is 9.55. The van der Waals surface area contributed by atoms with E-state index in [4.69, 9.17) is 22.1 Å². The molecule has 1 aromatic carbocycles. The lowest BCUT2D eigenvalue weighted by atomic mass is 10.1. The van der Waals surface area contributed by atoms with Crippen molar-refractivity contribution >= 4 is 28.5 Å². The lowest BCUT2D eigenvalue weighted by molar-refractivity contribution is 0.0997. The summed E-state index contributed by atoms with van der Waals surface area (Å²) in [5, 5.41) is 0.394. The third kappa shape index (κ3) is 1.49. The molecule has 1 amide bonds. The Labute approximate surface area is 96.6 Å². The Morgan fingerprint density at radius 1 is 1.62 bits per heavy atom. The second-order valence-electron chi connectivity index (χ2n) is 3.35. The number of hydrogen-bond acceptors (Lipinski definition) is 3. The van der Waals surface area contributed by atoms with Crippen LogP contribution >= 0.6 is 11.6 Å². The molecule has 0 unspecified atom stereocenters. The molecule has 0 spiro atoms. The Kier molecular flexibility index (Phi) is 2.47. The number of aromatic amines is 1. The average molecular weight is 240 g/mol. The molecule has 0 aliphatic rings. The number of aryl methyl sites for hydroxylation is 1. The first kappa shape index (κ1) is 10.8. The van der Waals surface area contributed by atoms with Crippen LogP contribution in [0.15, 0.2) is 6.07 Å². The summed E-state index contributed by atoms with van der Waals surface area (Å²) in [6, 6.07) is 1.47. The van der Waals surface area contributed by atoms with Gasteiger partial charge in [0.2, 0.25) is 0 Å². The van der Waals surface area contributed by atoms with Gasteiger partial charge in [-0.25, -0.2) is 4.98 Å². The summed E-state index contributed by atoms with van der Waals surface area (Å²) in [5.74, 6) is 0.439. The van der Waals surface area contributed by atoms with Gasteiger partial charge in [-0.15, -0.1) is 0 Å². The maximum Gasteiger partial charge on any atom is 0.252 e. The van der Waals surface area contributed by atoms with Gasteiger partial charge in [0.25, 0.3) is 5.91 Å². The van der Waals surface area contributed by atoms with E-state index in [1.807, 2.05) is 0 Å². The van der Waals surface area contributed by atoms with Crippen molar-refractivity contribution in [2.24, 2.45) is 5.73 Å². The van der Waals surface area contributed by atoms with E-state index in [0.717, 1.165) is 0 Å². The van der Waals surface area contributed by atoms with Crippen molar-refractivity contribution < 1.29 is 9.53 Å². The minimum atomic E-state index is -0.596. The largest absolute Gasteiger partial charge is 0.494 e. The zero-order valence-electron chi connectivity index (χ0n) is 8.80. The molecule has 0 bridgehead atoms. The average Bonchev–Trinajstić information content (AvgIpc) is 2.60. The highest BCUT2D eigenvalue weighted by molar-refractivity contribution is 6.35. The molecule has 84 valence electrons. The van der Waals surface area contributed by atoms with Gasteiger partial charge in [0.05, 0.1) is 23.2 Å². The van der Waals surface area contributed by atoms with Crippen LogP contribution in [0.3, 0.4) is 0 Å². The van der Waals surface area contributed by atoms with Gasteiger partial charge in [0, 0.05) is 0 Å². The number of aromatic nitrogens is 2. The minimum Gasteiger partial charge on any atom is -0.494 e. The predicted molar refractivity (Wildman–Crippen MR) is 60.9 cm³/mol. The number of methoxy groups -OCH3 is 1. The molecule has 1 heterocycles. The quantitative estimate of drug-likeness (QED) is 0.836. The van der Waals surface area contributed by atoms with E-state index in [1.54, 1.807) is 6.92 Å². The number of imidazole rings is 1. The van der Waals surface area contributed by atoms with Crippen LogP contribution in [0.5, 0.6) is 5.75 Å². The van der Waals surface area contributed by atoms with Crippen molar-refractivity contribution in [3.63, 3.8) is 0 Å². The number of ether oxygens (including phenoxy) is 1. The summed E-state index contributed by atoms with van der Waals surface area (Å²) in [7, 11) is 1.46. The summed E-state index contributed by atoms with van der Waals surface area (Å²) in [6.45, 7) is 1.79. The number of nitrogens with one attached hydrogen (secondary N) is 1. The summed E-state index contributed by atoms with van der Waals surface area (Å²) in [5.41, 5.74) is 6.62. The van der Waals surface area contributed by atoms with E-state index in [2.05, 4.69) is 9.97 Å². The standard InChI is InChI=1S/C10H10ClN3O2/c1-4-13-7-6(11)3-5(10(12)15)9(16-2)8(7)14-4/h3H,1-2H3,(H2,12,15)(H,13,14). The highest BCUT2D eigenvalue weighted by atomic mass is 35.5. The van der Waals surface area contributed by atoms with Crippen LogP contribution in [-0.2, 0) is 0 Å². The number of carbonyl (C=O) groups is 1. The molecule has 0 saturated heterocycles. The highest BCUT2D eigenvalue weighted by Crippen LogP contribution is 2.33. The second kappa shape index (κ2) is 3.68. The van der Waals surface area contributed by atoms with E-state index < -0.39 is 5.91 Å². The van der Waals surface area contributed by atoms with Gasteiger partial charge >= 0.3 is 0 Å². The first-order valence-corrected chi connectivity index (χ1v) is 4.95. The second-order valence-corrected chi connectivity index (χ2v) is 3.76. The number of amides is 1. The van der Waals surface area contributed by atoms with Crippen LogP contribution < -0.4 is 10.5 Å². The van der Waals surface area contributed by atoms with E-state index in [9.17, 15) is 4.79 Å². The molecule has 0 radical (unpaired) electrons. The molecule has 0 aliphatic carbocycles. The van der Waals surface area contributed by atoms with Gasteiger partial charge in [0.15, 0.2) is 5.75 Å². The number of halogens is 1. The topological polar surface area (TPSA) is 81.0 Å². The molecular weight excluding hydrogens is 230 g/mol. The number of fused-ring (bicyclic) bond motifs is 1. The summed E-state index contributed by atoms with van der Waals surface area (Å²) in [4.78, 5) is 18.4. The smallest absolute Gasteiger partial charge is 0.252 e. The fourth-order valence-corrected chi connectivity index (χ4v) is 1.86. The molecule has 0 saturated carbocycles.